The highest BCUT2D eigenvalue weighted by atomic mass is 32.1. The van der Waals surface area contributed by atoms with Gasteiger partial charge in [-0.3, -0.25) is 9.48 Å². The van der Waals surface area contributed by atoms with Gasteiger partial charge in [-0.05, 0) is 23.6 Å². The van der Waals surface area contributed by atoms with E-state index in [9.17, 15) is 9.90 Å². The quantitative estimate of drug-likeness (QED) is 0.736. The van der Waals surface area contributed by atoms with Crippen molar-refractivity contribution in [2.45, 2.75) is 5.60 Å². The van der Waals surface area contributed by atoms with Crippen LogP contribution in [0.4, 0.5) is 0 Å². The van der Waals surface area contributed by atoms with Gasteiger partial charge in [0.25, 0.3) is 5.91 Å². The molecular formula is C14H14N4O3S. The van der Waals surface area contributed by atoms with Gasteiger partial charge in [-0.1, -0.05) is 11.3 Å². The largest absolute Gasteiger partial charge is 0.466 e. The van der Waals surface area contributed by atoms with Gasteiger partial charge in [0.15, 0.2) is 11.3 Å². The number of carbonyl (C=O) groups is 1. The Balaban J connectivity index is 1.81. The normalized spacial score (nSPS) is 13.7. The minimum absolute atomic E-state index is 0.0313. The Labute approximate surface area is 130 Å². The summed E-state index contributed by atoms with van der Waals surface area (Å²) in [7, 11) is 1.68. The molecule has 8 heteroatoms. The van der Waals surface area contributed by atoms with Crippen LogP contribution < -0.4 is 5.32 Å². The van der Waals surface area contributed by atoms with Crippen molar-refractivity contribution in [3.8, 4) is 0 Å². The van der Waals surface area contributed by atoms with Crippen molar-refractivity contribution in [2.75, 3.05) is 6.54 Å². The maximum Gasteiger partial charge on any atom is 0.273 e. The summed E-state index contributed by atoms with van der Waals surface area (Å²) in [6.07, 6.45) is 2.99. The summed E-state index contributed by atoms with van der Waals surface area (Å²) in [4.78, 5) is 12.8. The first-order valence-corrected chi connectivity index (χ1v) is 7.42. The van der Waals surface area contributed by atoms with E-state index < -0.39 is 11.5 Å². The lowest BCUT2D eigenvalue weighted by atomic mass is 9.98. The van der Waals surface area contributed by atoms with Gasteiger partial charge < -0.3 is 14.8 Å². The minimum atomic E-state index is -1.42. The highest BCUT2D eigenvalue weighted by molar-refractivity contribution is 7.10. The van der Waals surface area contributed by atoms with Gasteiger partial charge in [0.2, 0.25) is 0 Å². The summed E-state index contributed by atoms with van der Waals surface area (Å²) in [6.45, 7) is -0.0313. The Hall–Kier alpha value is -2.45. The first-order chi connectivity index (χ1) is 10.6. The zero-order valence-electron chi connectivity index (χ0n) is 11.8. The van der Waals surface area contributed by atoms with Crippen LogP contribution in [0.3, 0.4) is 0 Å². The first-order valence-electron chi connectivity index (χ1n) is 6.54. The number of nitrogens with one attached hydrogen (secondary N) is 1. The SMILES string of the molecule is Cn1cc(C(=O)NC[C@](O)(c2ccco2)c2cccs2)nn1. The number of aliphatic hydroxyl groups is 1. The molecule has 1 amide bonds. The molecule has 2 N–H and O–H groups in total. The molecular weight excluding hydrogens is 304 g/mol. The van der Waals surface area contributed by atoms with E-state index in [0.29, 0.717) is 10.6 Å². The van der Waals surface area contributed by atoms with Crippen molar-refractivity contribution in [3.05, 3.63) is 58.4 Å². The number of hydrogen-bond acceptors (Lipinski definition) is 6. The van der Waals surface area contributed by atoms with Gasteiger partial charge in [0, 0.05) is 11.9 Å². The highest BCUT2D eigenvalue weighted by Gasteiger charge is 2.36. The smallest absolute Gasteiger partial charge is 0.273 e. The lowest BCUT2D eigenvalue weighted by Crippen LogP contribution is -2.41. The molecule has 0 aliphatic heterocycles. The zero-order chi connectivity index (χ0) is 15.6. The molecule has 114 valence electrons. The fourth-order valence-electron chi connectivity index (χ4n) is 2.07. The minimum Gasteiger partial charge on any atom is -0.466 e. The van der Waals surface area contributed by atoms with Gasteiger partial charge in [-0.2, -0.15) is 0 Å². The molecule has 0 saturated carbocycles. The van der Waals surface area contributed by atoms with Crippen molar-refractivity contribution < 1.29 is 14.3 Å². The molecule has 7 nitrogen and oxygen atoms in total. The molecule has 0 unspecified atom stereocenters. The van der Waals surface area contributed by atoms with E-state index in [2.05, 4.69) is 15.6 Å². The number of carbonyl (C=O) groups excluding carboxylic acids is 1. The Bertz CT molecular complexity index is 715. The van der Waals surface area contributed by atoms with E-state index in [1.807, 2.05) is 11.4 Å². The third-order valence-electron chi connectivity index (χ3n) is 3.20. The zero-order valence-corrected chi connectivity index (χ0v) is 12.6. The molecule has 0 aliphatic rings. The van der Waals surface area contributed by atoms with Crippen molar-refractivity contribution >= 4 is 17.2 Å². The van der Waals surface area contributed by atoms with Crippen LogP contribution in [0.1, 0.15) is 21.1 Å². The second kappa shape index (κ2) is 5.74. The summed E-state index contributed by atoms with van der Waals surface area (Å²) < 4.78 is 6.78. The molecule has 3 rings (SSSR count). The maximum absolute atomic E-state index is 12.1. The third-order valence-corrected chi connectivity index (χ3v) is 4.22. The van der Waals surface area contributed by atoms with E-state index in [1.165, 1.54) is 28.5 Å². The summed E-state index contributed by atoms with van der Waals surface area (Å²) in [5.41, 5.74) is -1.23. The number of nitrogens with zero attached hydrogens (tertiary/aromatic N) is 3. The van der Waals surface area contributed by atoms with Crippen LogP contribution in [0.5, 0.6) is 0 Å². The molecule has 1 atom stereocenters. The van der Waals surface area contributed by atoms with Gasteiger partial charge in [0.05, 0.1) is 19.0 Å². The van der Waals surface area contributed by atoms with Crippen LogP contribution in [-0.4, -0.2) is 32.6 Å². The molecule has 3 aromatic rings. The lowest BCUT2D eigenvalue weighted by molar-refractivity contribution is 0.0553. The molecule has 3 aromatic heterocycles. The number of thiophene rings is 1. The van der Waals surface area contributed by atoms with E-state index in [1.54, 1.807) is 25.2 Å². The monoisotopic (exact) mass is 318 g/mol. The van der Waals surface area contributed by atoms with E-state index in [0.717, 1.165) is 0 Å². The number of aryl methyl sites for hydroxylation is 1. The van der Waals surface area contributed by atoms with Crippen LogP contribution in [0.15, 0.2) is 46.5 Å². The second-order valence-corrected chi connectivity index (χ2v) is 5.72. The van der Waals surface area contributed by atoms with Crippen molar-refractivity contribution in [1.29, 1.82) is 0 Å². The molecule has 22 heavy (non-hydrogen) atoms. The Morgan fingerprint density at radius 1 is 1.50 bits per heavy atom. The number of hydrogen-bond donors (Lipinski definition) is 2. The standard InChI is InChI=1S/C14H14N4O3S/c1-18-8-10(16-17-18)13(19)15-9-14(20,11-4-2-6-21-11)12-5-3-7-22-12/h2-8,20H,9H2,1H3,(H,15,19)/t14-/m0/s1. The average molecular weight is 318 g/mol. The van der Waals surface area contributed by atoms with Gasteiger partial charge >= 0.3 is 0 Å². The predicted molar refractivity (Wildman–Crippen MR) is 79.4 cm³/mol. The third kappa shape index (κ3) is 2.66. The molecule has 0 spiro atoms. The molecule has 0 bridgehead atoms. The molecule has 0 fully saturated rings. The lowest BCUT2D eigenvalue weighted by Gasteiger charge is -2.25. The maximum atomic E-state index is 12.1. The second-order valence-electron chi connectivity index (χ2n) is 4.78. The summed E-state index contributed by atoms with van der Waals surface area (Å²) in [5, 5.41) is 23.0. The summed E-state index contributed by atoms with van der Waals surface area (Å²) in [5.74, 6) is -0.0379. The van der Waals surface area contributed by atoms with Crippen molar-refractivity contribution in [1.82, 2.24) is 20.3 Å². The fourth-order valence-corrected chi connectivity index (χ4v) is 2.90. The van der Waals surface area contributed by atoms with Crippen LogP contribution in [0, 0.1) is 0 Å². The molecule has 3 heterocycles. The van der Waals surface area contributed by atoms with Crippen LogP contribution in [-0.2, 0) is 12.6 Å². The van der Waals surface area contributed by atoms with Crippen LogP contribution in [0.25, 0.3) is 0 Å². The van der Waals surface area contributed by atoms with Gasteiger partial charge in [-0.15, -0.1) is 16.4 Å². The number of aromatic nitrogens is 3. The molecule has 0 aromatic carbocycles. The topological polar surface area (TPSA) is 93.2 Å². The number of rotatable bonds is 5. The average Bonchev–Trinajstić information content (AvgIpc) is 3.24. The van der Waals surface area contributed by atoms with Crippen LogP contribution >= 0.6 is 11.3 Å². The molecule has 0 saturated heterocycles. The van der Waals surface area contributed by atoms with Crippen LogP contribution in [0.2, 0.25) is 0 Å². The van der Waals surface area contributed by atoms with Gasteiger partial charge in [0.1, 0.15) is 5.76 Å². The number of furan rings is 1. The van der Waals surface area contributed by atoms with Gasteiger partial charge in [-0.25, -0.2) is 0 Å². The predicted octanol–water partition coefficient (Wildman–Crippen LogP) is 1.14. The van der Waals surface area contributed by atoms with E-state index in [4.69, 9.17) is 4.42 Å². The summed E-state index contributed by atoms with van der Waals surface area (Å²) in [6, 6.07) is 6.99. The van der Waals surface area contributed by atoms with Crippen molar-refractivity contribution in [2.24, 2.45) is 7.05 Å². The Morgan fingerprint density at radius 2 is 2.36 bits per heavy atom. The summed E-state index contributed by atoms with van der Waals surface area (Å²) >= 11 is 1.39. The Kier molecular flexibility index (Phi) is 3.78. The van der Waals surface area contributed by atoms with E-state index in [-0.39, 0.29) is 12.2 Å². The number of amides is 1. The first kappa shape index (κ1) is 14.5. The highest BCUT2D eigenvalue weighted by Crippen LogP contribution is 2.32. The van der Waals surface area contributed by atoms with Crippen molar-refractivity contribution in [3.63, 3.8) is 0 Å². The van der Waals surface area contributed by atoms with E-state index >= 15 is 0 Å². The molecule has 0 radical (unpaired) electrons. The fraction of sp³-hybridized carbons (Fsp3) is 0.214. The molecule has 0 aliphatic carbocycles. The Morgan fingerprint density at radius 3 is 2.95 bits per heavy atom.